The Morgan fingerprint density at radius 3 is 2.87 bits per heavy atom. The minimum absolute atomic E-state index is 0.00820. The van der Waals surface area contributed by atoms with Gasteiger partial charge in [0.05, 0.1) is 12.5 Å². The van der Waals surface area contributed by atoms with E-state index in [0.717, 1.165) is 17.7 Å². The van der Waals surface area contributed by atoms with Crippen molar-refractivity contribution in [3.05, 3.63) is 70.5 Å². The molecule has 5 heteroatoms. The number of carbonyl (C=O) groups is 1. The molecule has 1 atom stereocenters. The van der Waals surface area contributed by atoms with E-state index in [-0.39, 0.29) is 24.2 Å². The van der Waals surface area contributed by atoms with E-state index in [1.54, 1.807) is 12.1 Å². The molecular formula is C18H18ClFN2O. The number of amides is 1. The van der Waals surface area contributed by atoms with Crippen LogP contribution in [-0.2, 0) is 11.2 Å². The van der Waals surface area contributed by atoms with Crippen LogP contribution in [0.1, 0.15) is 17.2 Å². The van der Waals surface area contributed by atoms with Crippen molar-refractivity contribution >= 4 is 17.5 Å². The van der Waals surface area contributed by atoms with Gasteiger partial charge in [0.15, 0.2) is 0 Å². The Balaban J connectivity index is 1.81. The lowest BCUT2D eigenvalue weighted by molar-refractivity contribution is -0.133. The van der Waals surface area contributed by atoms with Gasteiger partial charge >= 0.3 is 0 Å². The van der Waals surface area contributed by atoms with Crippen LogP contribution in [-0.4, -0.2) is 30.4 Å². The average molecular weight is 333 g/mol. The van der Waals surface area contributed by atoms with E-state index in [1.807, 2.05) is 29.2 Å². The molecule has 120 valence electrons. The Hall–Kier alpha value is -1.91. The maximum atomic E-state index is 13.5. The minimum Gasteiger partial charge on any atom is -0.333 e. The highest BCUT2D eigenvalue weighted by Gasteiger charge is 2.28. The van der Waals surface area contributed by atoms with Gasteiger partial charge in [-0.25, -0.2) is 4.39 Å². The van der Waals surface area contributed by atoms with Crippen molar-refractivity contribution in [3.63, 3.8) is 0 Å². The monoisotopic (exact) mass is 332 g/mol. The Labute approximate surface area is 140 Å². The van der Waals surface area contributed by atoms with Gasteiger partial charge in [0.2, 0.25) is 5.91 Å². The van der Waals surface area contributed by atoms with Gasteiger partial charge in [-0.3, -0.25) is 4.79 Å². The number of hydrogen-bond acceptors (Lipinski definition) is 2. The fourth-order valence-electron chi connectivity index (χ4n) is 2.92. The first-order chi connectivity index (χ1) is 11.1. The lowest BCUT2D eigenvalue weighted by Crippen LogP contribution is -2.49. The summed E-state index contributed by atoms with van der Waals surface area (Å²) in [7, 11) is 0. The van der Waals surface area contributed by atoms with Crippen LogP contribution in [0.15, 0.2) is 48.5 Å². The fourth-order valence-corrected chi connectivity index (χ4v) is 3.12. The smallest absolute Gasteiger partial charge is 0.227 e. The number of carbonyl (C=O) groups excluding carboxylic acids is 1. The van der Waals surface area contributed by atoms with Crippen LogP contribution in [0, 0.1) is 5.82 Å². The van der Waals surface area contributed by atoms with Crippen molar-refractivity contribution in [3.8, 4) is 0 Å². The van der Waals surface area contributed by atoms with E-state index in [9.17, 15) is 9.18 Å². The summed E-state index contributed by atoms with van der Waals surface area (Å²) in [5, 5.41) is 3.87. The van der Waals surface area contributed by atoms with E-state index in [2.05, 4.69) is 5.32 Å². The molecule has 0 saturated carbocycles. The number of nitrogens with one attached hydrogen (secondary N) is 1. The van der Waals surface area contributed by atoms with E-state index in [0.29, 0.717) is 18.1 Å². The number of rotatable bonds is 3. The first kappa shape index (κ1) is 16.0. The summed E-state index contributed by atoms with van der Waals surface area (Å²) in [4.78, 5) is 14.5. The van der Waals surface area contributed by atoms with Crippen molar-refractivity contribution < 1.29 is 9.18 Å². The molecule has 1 amide bonds. The zero-order valence-corrected chi connectivity index (χ0v) is 13.4. The number of nitrogens with zero attached hydrogens (tertiary/aromatic N) is 1. The second-order valence-electron chi connectivity index (χ2n) is 5.63. The standard InChI is InChI=1S/C18H18ClFN2O/c19-16-7-2-1-4-13(16)11-18(23)22-9-8-21-12-17(22)14-5-3-6-15(20)10-14/h1-7,10,17,21H,8-9,11-12H2. The van der Waals surface area contributed by atoms with Crippen LogP contribution in [0.4, 0.5) is 4.39 Å². The Bertz CT molecular complexity index is 707. The fraction of sp³-hybridized carbons (Fsp3) is 0.278. The average Bonchev–Trinajstić information content (AvgIpc) is 2.57. The van der Waals surface area contributed by atoms with Gasteiger partial charge < -0.3 is 10.2 Å². The molecule has 1 fully saturated rings. The Morgan fingerprint density at radius 2 is 2.09 bits per heavy atom. The van der Waals surface area contributed by atoms with Gasteiger partial charge in [0.25, 0.3) is 0 Å². The van der Waals surface area contributed by atoms with Gasteiger partial charge in [-0.15, -0.1) is 0 Å². The van der Waals surface area contributed by atoms with Crippen molar-refractivity contribution in [1.82, 2.24) is 10.2 Å². The molecule has 23 heavy (non-hydrogen) atoms. The van der Waals surface area contributed by atoms with E-state index >= 15 is 0 Å². The quantitative estimate of drug-likeness (QED) is 0.936. The molecule has 0 spiro atoms. The predicted molar refractivity (Wildman–Crippen MR) is 88.9 cm³/mol. The molecule has 0 aromatic heterocycles. The van der Waals surface area contributed by atoms with Gasteiger partial charge in [0, 0.05) is 24.7 Å². The normalized spacial score (nSPS) is 18.0. The van der Waals surface area contributed by atoms with Crippen LogP contribution >= 0.6 is 11.6 Å². The molecule has 1 unspecified atom stereocenters. The zero-order valence-electron chi connectivity index (χ0n) is 12.6. The van der Waals surface area contributed by atoms with Crippen molar-refractivity contribution in [2.75, 3.05) is 19.6 Å². The third-order valence-electron chi connectivity index (χ3n) is 4.10. The summed E-state index contributed by atoms with van der Waals surface area (Å²) in [5.41, 5.74) is 1.63. The third-order valence-corrected chi connectivity index (χ3v) is 4.47. The molecule has 2 aromatic rings. The number of benzene rings is 2. The van der Waals surface area contributed by atoms with Crippen LogP contribution in [0.25, 0.3) is 0 Å². The predicted octanol–water partition coefficient (Wildman–Crippen LogP) is 3.19. The van der Waals surface area contributed by atoms with Gasteiger partial charge in [-0.2, -0.15) is 0 Å². The molecule has 3 rings (SSSR count). The Morgan fingerprint density at radius 1 is 1.26 bits per heavy atom. The molecular weight excluding hydrogens is 315 g/mol. The maximum absolute atomic E-state index is 13.5. The molecule has 0 aliphatic carbocycles. The largest absolute Gasteiger partial charge is 0.333 e. The van der Waals surface area contributed by atoms with Crippen molar-refractivity contribution in [2.24, 2.45) is 0 Å². The molecule has 1 N–H and O–H groups in total. The zero-order chi connectivity index (χ0) is 16.2. The highest BCUT2D eigenvalue weighted by molar-refractivity contribution is 6.31. The van der Waals surface area contributed by atoms with Crippen LogP contribution in [0.3, 0.4) is 0 Å². The topological polar surface area (TPSA) is 32.3 Å². The maximum Gasteiger partial charge on any atom is 0.227 e. The molecule has 3 nitrogen and oxygen atoms in total. The summed E-state index contributed by atoms with van der Waals surface area (Å²) >= 11 is 6.15. The Kier molecular flexibility index (Phi) is 4.94. The molecule has 1 heterocycles. The number of piperazine rings is 1. The molecule has 1 aliphatic heterocycles. The molecule has 0 radical (unpaired) electrons. The van der Waals surface area contributed by atoms with Gasteiger partial charge in [-0.1, -0.05) is 41.9 Å². The molecule has 1 aliphatic rings. The second-order valence-corrected chi connectivity index (χ2v) is 6.04. The first-order valence-corrected chi connectivity index (χ1v) is 8.02. The second kappa shape index (κ2) is 7.11. The van der Waals surface area contributed by atoms with Crippen LogP contribution in [0.2, 0.25) is 5.02 Å². The SMILES string of the molecule is O=C(Cc1ccccc1Cl)N1CCNCC1c1cccc(F)c1. The van der Waals surface area contributed by atoms with Crippen LogP contribution in [0.5, 0.6) is 0 Å². The van der Waals surface area contributed by atoms with E-state index < -0.39 is 0 Å². The van der Waals surface area contributed by atoms with E-state index in [4.69, 9.17) is 11.6 Å². The van der Waals surface area contributed by atoms with Gasteiger partial charge in [0.1, 0.15) is 5.82 Å². The van der Waals surface area contributed by atoms with Gasteiger partial charge in [-0.05, 0) is 29.3 Å². The summed E-state index contributed by atoms with van der Waals surface area (Å²) < 4.78 is 13.5. The highest BCUT2D eigenvalue weighted by Crippen LogP contribution is 2.25. The number of halogens is 2. The lowest BCUT2D eigenvalue weighted by atomic mass is 10.0. The summed E-state index contributed by atoms with van der Waals surface area (Å²) in [6.45, 7) is 1.96. The van der Waals surface area contributed by atoms with Crippen LogP contribution < -0.4 is 5.32 Å². The molecule has 0 bridgehead atoms. The lowest BCUT2D eigenvalue weighted by Gasteiger charge is -2.36. The van der Waals surface area contributed by atoms with E-state index in [1.165, 1.54) is 12.1 Å². The third kappa shape index (κ3) is 3.71. The number of hydrogen-bond donors (Lipinski definition) is 1. The molecule has 1 saturated heterocycles. The minimum atomic E-state index is -0.286. The molecule has 2 aromatic carbocycles. The van der Waals surface area contributed by atoms with Crippen molar-refractivity contribution in [1.29, 1.82) is 0 Å². The highest BCUT2D eigenvalue weighted by atomic mass is 35.5. The summed E-state index contributed by atoms with van der Waals surface area (Å²) in [5.74, 6) is -0.277. The van der Waals surface area contributed by atoms with Crippen molar-refractivity contribution in [2.45, 2.75) is 12.5 Å². The summed E-state index contributed by atoms with van der Waals surface area (Å²) in [6.07, 6.45) is 0.255. The summed E-state index contributed by atoms with van der Waals surface area (Å²) in [6, 6.07) is 13.6. The first-order valence-electron chi connectivity index (χ1n) is 7.64.